The number of hydrogen-bond donors (Lipinski definition) is 1. The molecule has 3 heteroatoms. The lowest BCUT2D eigenvalue weighted by molar-refractivity contribution is 0.204. The number of thiophene rings is 1. The van der Waals surface area contributed by atoms with Crippen LogP contribution in [-0.2, 0) is 6.54 Å². The normalized spacial score (nSPS) is 20.6. The Morgan fingerprint density at radius 3 is 3.00 bits per heavy atom. The maximum atomic E-state index is 3.59. The Bertz CT molecular complexity index is 302. The van der Waals surface area contributed by atoms with Gasteiger partial charge in [0.05, 0.1) is 0 Å². The van der Waals surface area contributed by atoms with Crippen molar-refractivity contribution in [1.82, 2.24) is 10.2 Å². The van der Waals surface area contributed by atoms with E-state index in [0.29, 0.717) is 6.04 Å². The Hall–Kier alpha value is -0.380. The van der Waals surface area contributed by atoms with E-state index in [2.05, 4.69) is 41.6 Å². The third kappa shape index (κ3) is 4.09. The molecule has 0 amide bonds. The Balaban J connectivity index is 1.80. The molecule has 96 valence electrons. The van der Waals surface area contributed by atoms with Crippen molar-refractivity contribution in [3.05, 3.63) is 22.4 Å². The minimum atomic E-state index is 0.638. The van der Waals surface area contributed by atoms with Crippen molar-refractivity contribution in [2.45, 2.75) is 51.7 Å². The summed E-state index contributed by atoms with van der Waals surface area (Å²) in [6.07, 6.45) is 4.02. The molecule has 2 heterocycles. The first-order valence-corrected chi connectivity index (χ1v) is 7.63. The van der Waals surface area contributed by atoms with Crippen LogP contribution >= 0.6 is 11.3 Å². The second kappa shape index (κ2) is 6.53. The van der Waals surface area contributed by atoms with Crippen LogP contribution in [0.15, 0.2) is 17.5 Å². The highest BCUT2D eigenvalue weighted by molar-refractivity contribution is 7.09. The molecular weight excluding hydrogens is 228 g/mol. The monoisotopic (exact) mass is 252 g/mol. The first-order chi connectivity index (χ1) is 8.25. The van der Waals surface area contributed by atoms with E-state index in [-0.39, 0.29) is 0 Å². The van der Waals surface area contributed by atoms with E-state index in [1.807, 2.05) is 11.3 Å². The van der Waals surface area contributed by atoms with E-state index in [4.69, 9.17) is 0 Å². The lowest BCUT2D eigenvalue weighted by atomic mass is 10.1. The zero-order valence-electron chi connectivity index (χ0n) is 11.0. The van der Waals surface area contributed by atoms with Gasteiger partial charge < -0.3 is 5.32 Å². The molecule has 0 aromatic carbocycles. The van der Waals surface area contributed by atoms with Crippen LogP contribution < -0.4 is 5.32 Å². The average Bonchev–Trinajstić information content (AvgIpc) is 2.97. The van der Waals surface area contributed by atoms with Crippen molar-refractivity contribution in [1.29, 1.82) is 0 Å². The quantitative estimate of drug-likeness (QED) is 0.837. The standard InChI is InChI=1S/C14H24N2S/c1-12(2)16(11-14-6-4-10-17-14)9-7-13-5-3-8-15-13/h4,6,10,12-13,15H,3,5,7-9,11H2,1-2H3. The van der Waals surface area contributed by atoms with Crippen LogP contribution in [0.3, 0.4) is 0 Å². The molecule has 1 saturated heterocycles. The van der Waals surface area contributed by atoms with Crippen LogP contribution in [0, 0.1) is 0 Å². The smallest absolute Gasteiger partial charge is 0.0330 e. The summed E-state index contributed by atoms with van der Waals surface area (Å²) in [7, 11) is 0. The molecule has 0 bridgehead atoms. The Kier molecular flexibility index (Phi) is 5.01. The summed E-state index contributed by atoms with van der Waals surface area (Å²) >= 11 is 1.87. The topological polar surface area (TPSA) is 15.3 Å². The molecule has 1 aromatic heterocycles. The van der Waals surface area contributed by atoms with Crippen LogP contribution in [0.4, 0.5) is 0 Å². The van der Waals surface area contributed by atoms with Gasteiger partial charge in [-0.05, 0) is 51.1 Å². The van der Waals surface area contributed by atoms with E-state index in [1.54, 1.807) is 0 Å². The fourth-order valence-corrected chi connectivity index (χ4v) is 3.18. The van der Waals surface area contributed by atoms with Gasteiger partial charge in [0.25, 0.3) is 0 Å². The van der Waals surface area contributed by atoms with E-state index < -0.39 is 0 Å². The fourth-order valence-electron chi connectivity index (χ4n) is 2.45. The highest BCUT2D eigenvalue weighted by Gasteiger charge is 2.17. The summed E-state index contributed by atoms with van der Waals surface area (Å²) in [5, 5.41) is 5.76. The molecule has 0 saturated carbocycles. The van der Waals surface area contributed by atoms with E-state index >= 15 is 0 Å². The lowest BCUT2D eigenvalue weighted by Crippen LogP contribution is -2.34. The maximum absolute atomic E-state index is 3.59. The van der Waals surface area contributed by atoms with Crippen molar-refractivity contribution < 1.29 is 0 Å². The molecule has 1 aromatic rings. The van der Waals surface area contributed by atoms with Gasteiger partial charge in [-0.25, -0.2) is 0 Å². The molecule has 1 N–H and O–H groups in total. The largest absolute Gasteiger partial charge is 0.314 e. The van der Waals surface area contributed by atoms with Crippen LogP contribution in [0.5, 0.6) is 0 Å². The zero-order chi connectivity index (χ0) is 12.1. The number of hydrogen-bond acceptors (Lipinski definition) is 3. The van der Waals surface area contributed by atoms with Gasteiger partial charge in [-0.15, -0.1) is 11.3 Å². The molecule has 17 heavy (non-hydrogen) atoms. The Labute approximate surface area is 109 Å². The summed E-state index contributed by atoms with van der Waals surface area (Å²) in [6.45, 7) is 8.15. The highest BCUT2D eigenvalue weighted by Crippen LogP contribution is 2.16. The van der Waals surface area contributed by atoms with Gasteiger partial charge >= 0.3 is 0 Å². The predicted octanol–water partition coefficient (Wildman–Crippen LogP) is 3.10. The van der Waals surface area contributed by atoms with Crippen molar-refractivity contribution in [2.75, 3.05) is 13.1 Å². The minimum Gasteiger partial charge on any atom is -0.314 e. The van der Waals surface area contributed by atoms with Crippen molar-refractivity contribution in [3.8, 4) is 0 Å². The molecule has 0 radical (unpaired) electrons. The molecule has 0 spiro atoms. The van der Waals surface area contributed by atoms with Crippen molar-refractivity contribution in [2.24, 2.45) is 0 Å². The maximum Gasteiger partial charge on any atom is 0.0330 e. The van der Waals surface area contributed by atoms with E-state index in [9.17, 15) is 0 Å². The highest BCUT2D eigenvalue weighted by atomic mass is 32.1. The summed E-state index contributed by atoms with van der Waals surface area (Å²) in [6, 6.07) is 5.79. The van der Waals surface area contributed by atoms with Crippen molar-refractivity contribution >= 4 is 11.3 Å². The van der Waals surface area contributed by atoms with Gasteiger partial charge in [-0.1, -0.05) is 6.07 Å². The molecule has 2 nitrogen and oxygen atoms in total. The summed E-state index contributed by atoms with van der Waals surface area (Å²) in [4.78, 5) is 4.07. The van der Waals surface area contributed by atoms with Crippen LogP contribution in [0.2, 0.25) is 0 Å². The van der Waals surface area contributed by atoms with Crippen LogP contribution in [-0.4, -0.2) is 30.1 Å². The Morgan fingerprint density at radius 1 is 1.53 bits per heavy atom. The molecule has 1 unspecified atom stereocenters. The SMILES string of the molecule is CC(C)N(CCC1CCCN1)Cc1cccs1. The average molecular weight is 252 g/mol. The molecule has 1 fully saturated rings. The first-order valence-electron chi connectivity index (χ1n) is 6.75. The van der Waals surface area contributed by atoms with Gasteiger partial charge in [0.1, 0.15) is 0 Å². The summed E-state index contributed by atoms with van der Waals surface area (Å²) in [5.74, 6) is 0. The second-order valence-corrected chi connectivity index (χ2v) is 6.26. The minimum absolute atomic E-state index is 0.638. The van der Waals surface area contributed by atoms with Crippen LogP contribution in [0.1, 0.15) is 38.0 Å². The van der Waals surface area contributed by atoms with Crippen LogP contribution in [0.25, 0.3) is 0 Å². The second-order valence-electron chi connectivity index (χ2n) is 5.23. The lowest BCUT2D eigenvalue weighted by Gasteiger charge is -2.27. The van der Waals surface area contributed by atoms with Gasteiger partial charge in [-0.3, -0.25) is 4.90 Å². The van der Waals surface area contributed by atoms with E-state index in [1.165, 1.54) is 37.2 Å². The zero-order valence-corrected chi connectivity index (χ0v) is 11.8. The number of rotatable bonds is 6. The van der Waals surface area contributed by atoms with Gasteiger partial charge in [0.2, 0.25) is 0 Å². The molecular formula is C14H24N2S. The van der Waals surface area contributed by atoms with Gasteiger partial charge in [0, 0.05) is 30.1 Å². The molecule has 1 aliphatic rings. The summed E-state index contributed by atoms with van der Waals surface area (Å²) in [5.41, 5.74) is 0. The third-order valence-corrected chi connectivity index (χ3v) is 4.46. The molecule has 1 aliphatic heterocycles. The number of nitrogens with zero attached hydrogens (tertiary/aromatic N) is 1. The molecule has 1 atom stereocenters. The van der Waals surface area contributed by atoms with Crippen molar-refractivity contribution in [3.63, 3.8) is 0 Å². The Morgan fingerprint density at radius 2 is 2.41 bits per heavy atom. The first kappa shape index (κ1) is 13.1. The molecule has 0 aliphatic carbocycles. The molecule has 2 rings (SSSR count). The van der Waals surface area contributed by atoms with Gasteiger partial charge in [0.15, 0.2) is 0 Å². The summed E-state index contributed by atoms with van der Waals surface area (Å²) < 4.78 is 0. The fraction of sp³-hybridized carbons (Fsp3) is 0.714. The van der Waals surface area contributed by atoms with Gasteiger partial charge in [-0.2, -0.15) is 0 Å². The predicted molar refractivity (Wildman–Crippen MR) is 75.5 cm³/mol. The number of nitrogens with one attached hydrogen (secondary N) is 1. The van der Waals surface area contributed by atoms with E-state index in [0.717, 1.165) is 12.6 Å². The third-order valence-electron chi connectivity index (χ3n) is 3.60.